The monoisotopic (exact) mass is 660 g/mol. The summed E-state index contributed by atoms with van der Waals surface area (Å²) in [4.78, 5) is 43.3. The lowest BCUT2D eigenvalue weighted by molar-refractivity contribution is -0.120. The van der Waals surface area contributed by atoms with Crippen LogP contribution in [0.25, 0.3) is 0 Å². The van der Waals surface area contributed by atoms with E-state index in [0.29, 0.717) is 67.4 Å². The van der Waals surface area contributed by atoms with E-state index >= 15 is 0 Å². The second-order valence-corrected chi connectivity index (χ2v) is 12.2. The first kappa shape index (κ1) is 34.8. The van der Waals surface area contributed by atoms with Gasteiger partial charge in [-0.3, -0.25) is 4.79 Å². The van der Waals surface area contributed by atoms with Crippen molar-refractivity contribution in [2.75, 3.05) is 73.9 Å². The zero-order chi connectivity index (χ0) is 33.9. The molecule has 4 heterocycles. The number of carbonyl (C=O) groups is 2. The van der Waals surface area contributed by atoms with Crippen LogP contribution in [0.2, 0.25) is 0 Å². The smallest absolute Gasteiger partial charge is 0.410 e. The second kappa shape index (κ2) is 17.0. The highest BCUT2D eigenvalue weighted by molar-refractivity contribution is 5.95. The van der Waals surface area contributed by atoms with Crippen molar-refractivity contribution in [3.63, 3.8) is 0 Å². The summed E-state index contributed by atoms with van der Waals surface area (Å²) in [5.41, 5.74) is 2.08. The molecular weight excluding hydrogens is 614 g/mol. The Morgan fingerprint density at radius 3 is 2.60 bits per heavy atom. The molecule has 0 saturated carbocycles. The lowest BCUT2D eigenvalue weighted by Gasteiger charge is -2.35. The predicted octanol–water partition coefficient (Wildman–Crippen LogP) is 4.05. The van der Waals surface area contributed by atoms with Gasteiger partial charge in [-0.15, -0.1) is 0 Å². The van der Waals surface area contributed by atoms with Crippen LogP contribution in [0.5, 0.6) is 5.75 Å². The molecule has 1 atom stereocenters. The molecule has 1 aromatic carbocycles. The number of nitrogens with zero attached hydrogens (tertiary/aromatic N) is 5. The average molecular weight is 661 g/mol. The molecule has 14 heteroatoms. The molecule has 0 aliphatic carbocycles. The highest BCUT2D eigenvalue weighted by Gasteiger charge is 2.28. The van der Waals surface area contributed by atoms with Crippen molar-refractivity contribution in [3.05, 3.63) is 61.3 Å². The number of anilines is 5. The molecule has 2 saturated heterocycles. The Morgan fingerprint density at radius 1 is 1.06 bits per heavy atom. The van der Waals surface area contributed by atoms with Crippen LogP contribution >= 0.6 is 0 Å². The molecule has 2 amide bonds. The molecular formula is C34H46N9O5. The Balaban J connectivity index is 1.12. The van der Waals surface area contributed by atoms with E-state index in [4.69, 9.17) is 19.2 Å². The lowest BCUT2D eigenvalue weighted by atomic mass is 10.1. The van der Waals surface area contributed by atoms with Gasteiger partial charge in [0.05, 0.1) is 23.7 Å². The van der Waals surface area contributed by atoms with Crippen LogP contribution < -0.4 is 30.9 Å². The van der Waals surface area contributed by atoms with E-state index in [9.17, 15) is 9.59 Å². The number of piperidine rings is 1. The van der Waals surface area contributed by atoms with E-state index in [0.717, 1.165) is 31.5 Å². The van der Waals surface area contributed by atoms with E-state index in [-0.39, 0.29) is 30.7 Å². The Hall–Kier alpha value is -4.53. The van der Waals surface area contributed by atoms with Crippen LogP contribution in [0.15, 0.2) is 48.8 Å². The van der Waals surface area contributed by atoms with Gasteiger partial charge < -0.3 is 45.3 Å². The van der Waals surface area contributed by atoms with E-state index in [2.05, 4.69) is 43.1 Å². The maximum atomic E-state index is 12.9. The normalized spacial score (nSPS) is 16.9. The van der Waals surface area contributed by atoms with Crippen molar-refractivity contribution >= 4 is 41.0 Å². The van der Waals surface area contributed by atoms with Gasteiger partial charge in [0.25, 0.3) is 0 Å². The van der Waals surface area contributed by atoms with Crippen molar-refractivity contribution in [1.82, 2.24) is 25.2 Å². The fourth-order valence-corrected chi connectivity index (χ4v) is 5.59. The highest BCUT2D eigenvalue weighted by Crippen LogP contribution is 2.27. The van der Waals surface area contributed by atoms with E-state index in [1.807, 2.05) is 19.9 Å². The maximum Gasteiger partial charge on any atom is 0.415 e. The number of rotatable bonds is 13. The Labute approximate surface area is 282 Å². The van der Waals surface area contributed by atoms with Crippen molar-refractivity contribution < 1.29 is 23.8 Å². The minimum atomic E-state index is -0.408. The predicted molar refractivity (Wildman–Crippen MR) is 185 cm³/mol. The summed E-state index contributed by atoms with van der Waals surface area (Å²) in [6.45, 7) is 11.5. The number of nitrogens with one attached hydrogen (secondary N) is 4. The number of hydrogen-bond donors (Lipinski definition) is 4. The van der Waals surface area contributed by atoms with E-state index < -0.39 is 6.09 Å². The molecule has 4 N–H and O–H groups in total. The number of hydrogen-bond acceptors (Lipinski definition) is 12. The molecule has 1 unspecified atom stereocenters. The average Bonchev–Trinajstić information content (AvgIpc) is 3.09. The third-order valence-corrected chi connectivity index (χ3v) is 8.12. The first-order chi connectivity index (χ1) is 23.3. The largest absolute Gasteiger partial charge is 0.415 e. The number of aromatic nitrogens is 3. The number of piperazine rings is 1. The number of amides is 2. The van der Waals surface area contributed by atoms with Crippen LogP contribution in [-0.2, 0) is 14.3 Å². The van der Waals surface area contributed by atoms with Crippen molar-refractivity contribution in [1.29, 1.82) is 0 Å². The summed E-state index contributed by atoms with van der Waals surface area (Å²) in [6.07, 6.45) is 5.61. The Morgan fingerprint density at radius 2 is 1.85 bits per heavy atom. The summed E-state index contributed by atoms with van der Waals surface area (Å²) < 4.78 is 16.8. The van der Waals surface area contributed by atoms with Crippen LogP contribution in [0, 0.1) is 6.92 Å². The first-order valence-electron chi connectivity index (χ1n) is 16.4. The fourth-order valence-electron chi connectivity index (χ4n) is 5.59. The molecule has 5 rings (SSSR count). The summed E-state index contributed by atoms with van der Waals surface area (Å²) >= 11 is 0. The molecule has 2 aliphatic rings. The van der Waals surface area contributed by atoms with Gasteiger partial charge in [-0.05, 0) is 63.8 Å². The van der Waals surface area contributed by atoms with Gasteiger partial charge in [-0.2, -0.15) is 4.98 Å². The number of methoxy groups -OCH3 is 1. The molecule has 3 aromatic rings. The first-order valence-corrected chi connectivity index (χ1v) is 16.4. The lowest BCUT2D eigenvalue weighted by Crippen LogP contribution is -2.54. The quantitative estimate of drug-likeness (QED) is 0.196. The van der Waals surface area contributed by atoms with Crippen molar-refractivity contribution in [3.8, 4) is 5.75 Å². The Kier molecular flexibility index (Phi) is 12.4. The van der Waals surface area contributed by atoms with Gasteiger partial charge in [0.1, 0.15) is 24.0 Å². The standard InChI is InChI=1S/C34H46N9O5/c1-23(2)38-28-19-31(40-30-9-13-36-33(41-30)42-15-10-26(46-4)11-16-42)37-21-29(28)39-32(44)22-47-18-12-25-20-35-14-17-43(25)34(45)48-27-7-5-24(3)6-8-27/h5-9,13,19,21,23,25-26,35H,3,10-12,14-18,20,22H2,1-2,4H3,(H,39,44)(H2,36,37,38,40,41). The molecule has 0 bridgehead atoms. The molecule has 1 radical (unpaired) electrons. The topological polar surface area (TPSA) is 155 Å². The third-order valence-electron chi connectivity index (χ3n) is 8.12. The summed E-state index contributed by atoms with van der Waals surface area (Å²) in [7, 11) is 1.75. The molecule has 2 fully saturated rings. The minimum absolute atomic E-state index is 0.106. The highest BCUT2D eigenvalue weighted by atomic mass is 16.6. The Bertz CT molecular complexity index is 1500. The molecule has 257 valence electrons. The van der Waals surface area contributed by atoms with Crippen molar-refractivity contribution in [2.24, 2.45) is 0 Å². The fraction of sp³-hybridized carbons (Fsp3) is 0.471. The van der Waals surface area contributed by atoms with Gasteiger partial charge in [0.15, 0.2) is 0 Å². The third kappa shape index (κ3) is 9.99. The number of ether oxygens (including phenoxy) is 3. The van der Waals surface area contributed by atoms with E-state index in [1.54, 1.807) is 54.7 Å². The van der Waals surface area contributed by atoms with Gasteiger partial charge in [-0.25, -0.2) is 14.8 Å². The SMILES string of the molecule is [CH2]c1ccc(OC(=O)N2CCNCC2CCOCC(=O)Nc2cnc(Nc3ccnc(N4CCC(OC)CC4)n3)cc2NC(C)C)cc1. The van der Waals surface area contributed by atoms with Gasteiger partial charge in [-0.1, -0.05) is 12.1 Å². The van der Waals surface area contributed by atoms with Crippen LogP contribution in [0.4, 0.5) is 33.8 Å². The summed E-state index contributed by atoms with van der Waals surface area (Å²) in [5.74, 6) is 2.01. The van der Waals surface area contributed by atoms with E-state index in [1.165, 1.54) is 0 Å². The zero-order valence-electron chi connectivity index (χ0n) is 27.9. The van der Waals surface area contributed by atoms with Gasteiger partial charge in [0, 0.05) is 70.8 Å². The van der Waals surface area contributed by atoms with Gasteiger partial charge in [0.2, 0.25) is 11.9 Å². The second-order valence-electron chi connectivity index (χ2n) is 12.2. The van der Waals surface area contributed by atoms with Gasteiger partial charge >= 0.3 is 6.09 Å². The van der Waals surface area contributed by atoms with Crippen LogP contribution in [-0.4, -0.2) is 103 Å². The summed E-state index contributed by atoms with van der Waals surface area (Å²) in [5, 5.41) is 12.9. The number of pyridine rings is 1. The van der Waals surface area contributed by atoms with Crippen molar-refractivity contribution in [2.45, 2.75) is 51.3 Å². The van der Waals surface area contributed by atoms with Crippen LogP contribution in [0.3, 0.4) is 0 Å². The molecule has 48 heavy (non-hydrogen) atoms. The van der Waals surface area contributed by atoms with Crippen LogP contribution in [0.1, 0.15) is 38.7 Å². The molecule has 2 aromatic heterocycles. The zero-order valence-corrected chi connectivity index (χ0v) is 27.9. The minimum Gasteiger partial charge on any atom is -0.410 e. The maximum absolute atomic E-state index is 12.9. The summed E-state index contributed by atoms with van der Waals surface area (Å²) in [6, 6.07) is 10.6. The number of carbonyl (C=O) groups excluding carboxylic acids is 2. The molecule has 14 nitrogen and oxygen atoms in total. The molecule has 0 spiro atoms. The molecule has 2 aliphatic heterocycles. The number of benzene rings is 1.